The summed E-state index contributed by atoms with van der Waals surface area (Å²) in [5.41, 5.74) is 0.503. The first-order chi connectivity index (χ1) is 12.9. The van der Waals surface area contributed by atoms with Gasteiger partial charge in [0.15, 0.2) is 0 Å². The number of nitrogens with one attached hydrogen (secondary N) is 1. The van der Waals surface area contributed by atoms with Crippen molar-refractivity contribution in [1.82, 2.24) is 15.1 Å². The van der Waals surface area contributed by atoms with Crippen LogP contribution in [0.1, 0.15) is 30.1 Å². The zero-order valence-electron chi connectivity index (χ0n) is 16.2. The lowest BCUT2D eigenvalue weighted by molar-refractivity contribution is 0.0703. The van der Waals surface area contributed by atoms with Gasteiger partial charge in [-0.3, -0.25) is 4.79 Å². The Morgan fingerprint density at radius 3 is 2.59 bits per heavy atom. The topological polar surface area (TPSA) is 71.1 Å². The summed E-state index contributed by atoms with van der Waals surface area (Å²) in [6.45, 7) is 4.69. The maximum atomic E-state index is 12.2. The van der Waals surface area contributed by atoms with Crippen molar-refractivity contribution < 1.29 is 19.1 Å². The van der Waals surface area contributed by atoms with Crippen LogP contribution in [-0.2, 0) is 4.74 Å². The van der Waals surface area contributed by atoms with Gasteiger partial charge in [0.2, 0.25) is 0 Å². The highest BCUT2D eigenvalue weighted by Crippen LogP contribution is 2.28. The van der Waals surface area contributed by atoms with Crippen LogP contribution >= 0.6 is 11.6 Å². The number of rotatable bonds is 7. The highest BCUT2D eigenvalue weighted by atomic mass is 35.5. The number of hydrogen-bond acceptors (Lipinski definition) is 5. The molecule has 1 aromatic rings. The minimum Gasteiger partial charge on any atom is -0.489 e. The summed E-state index contributed by atoms with van der Waals surface area (Å²) in [7, 11) is 3.90. The fourth-order valence-corrected chi connectivity index (χ4v) is 3.01. The van der Waals surface area contributed by atoms with Crippen molar-refractivity contribution in [3.05, 3.63) is 28.8 Å². The highest BCUT2D eigenvalue weighted by molar-refractivity contribution is 6.32. The number of nitrogens with zero attached hydrogens (tertiary/aromatic N) is 2. The lowest BCUT2D eigenvalue weighted by Gasteiger charge is -2.31. The molecule has 0 spiro atoms. The molecule has 8 heteroatoms. The molecule has 0 saturated carbocycles. The van der Waals surface area contributed by atoms with E-state index in [9.17, 15) is 9.59 Å². The van der Waals surface area contributed by atoms with Crippen LogP contribution in [-0.4, -0.2) is 74.8 Å². The molecule has 0 radical (unpaired) electrons. The first-order valence-electron chi connectivity index (χ1n) is 9.21. The van der Waals surface area contributed by atoms with E-state index in [4.69, 9.17) is 21.1 Å². The third-order valence-corrected chi connectivity index (χ3v) is 4.60. The van der Waals surface area contributed by atoms with Gasteiger partial charge in [0, 0.05) is 44.6 Å². The van der Waals surface area contributed by atoms with E-state index in [2.05, 4.69) is 5.32 Å². The third kappa shape index (κ3) is 6.59. The normalized spacial score (nSPS) is 14.9. The summed E-state index contributed by atoms with van der Waals surface area (Å²) in [6.07, 6.45) is 1.12. The van der Waals surface area contributed by atoms with Crippen LogP contribution in [0.15, 0.2) is 18.2 Å². The van der Waals surface area contributed by atoms with Crippen molar-refractivity contribution in [2.45, 2.75) is 25.9 Å². The van der Waals surface area contributed by atoms with Gasteiger partial charge in [-0.15, -0.1) is 0 Å². The van der Waals surface area contributed by atoms with Crippen LogP contribution in [0.2, 0.25) is 5.02 Å². The Hall–Kier alpha value is -1.99. The molecule has 0 bridgehead atoms. The van der Waals surface area contributed by atoms with Crippen molar-refractivity contribution in [3.63, 3.8) is 0 Å². The van der Waals surface area contributed by atoms with Crippen molar-refractivity contribution in [1.29, 1.82) is 0 Å². The number of amides is 2. The summed E-state index contributed by atoms with van der Waals surface area (Å²) < 4.78 is 11.0. The fourth-order valence-electron chi connectivity index (χ4n) is 2.78. The molecule has 0 atom stereocenters. The van der Waals surface area contributed by atoms with Crippen LogP contribution in [0.5, 0.6) is 5.75 Å². The number of carbonyl (C=O) groups excluding carboxylic acids is 2. The molecule has 0 unspecified atom stereocenters. The Kier molecular flexibility index (Phi) is 8.19. The van der Waals surface area contributed by atoms with Crippen LogP contribution in [0.25, 0.3) is 0 Å². The van der Waals surface area contributed by atoms with Crippen LogP contribution in [0.3, 0.4) is 0 Å². The largest absolute Gasteiger partial charge is 0.489 e. The molecule has 1 aromatic carbocycles. The first kappa shape index (κ1) is 21.3. The zero-order valence-corrected chi connectivity index (χ0v) is 16.9. The number of ether oxygens (including phenoxy) is 2. The van der Waals surface area contributed by atoms with Crippen molar-refractivity contribution in [2.24, 2.45) is 0 Å². The quantitative estimate of drug-likeness (QED) is 0.765. The molecule has 1 aliphatic heterocycles. The van der Waals surface area contributed by atoms with E-state index in [0.29, 0.717) is 55.4 Å². The number of likely N-dealkylation sites (N-methyl/N-ethyl adjacent to an activating group) is 1. The summed E-state index contributed by atoms with van der Waals surface area (Å²) in [6, 6.07) is 5.05. The lowest BCUT2D eigenvalue weighted by Crippen LogP contribution is -2.42. The van der Waals surface area contributed by atoms with Crippen molar-refractivity contribution in [3.8, 4) is 5.75 Å². The van der Waals surface area contributed by atoms with Gasteiger partial charge in [0.25, 0.3) is 5.91 Å². The Balaban J connectivity index is 1.86. The average Bonchev–Trinajstić information content (AvgIpc) is 2.63. The van der Waals surface area contributed by atoms with Gasteiger partial charge >= 0.3 is 6.09 Å². The van der Waals surface area contributed by atoms with Crippen LogP contribution < -0.4 is 10.1 Å². The third-order valence-electron chi connectivity index (χ3n) is 4.30. The molecule has 1 aliphatic rings. The monoisotopic (exact) mass is 397 g/mol. The SMILES string of the molecule is CCOC(=O)N1CCC(Oc2ccc(C(=O)NCCN(C)C)cc2Cl)CC1. The summed E-state index contributed by atoms with van der Waals surface area (Å²) in [4.78, 5) is 27.6. The van der Waals surface area contributed by atoms with Crippen LogP contribution in [0, 0.1) is 0 Å². The van der Waals surface area contributed by atoms with E-state index in [1.165, 1.54) is 0 Å². The average molecular weight is 398 g/mol. The Labute approximate surface area is 165 Å². The molecule has 1 N–H and O–H groups in total. The molecular weight excluding hydrogens is 370 g/mol. The van der Waals surface area contributed by atoms with Gasteiger partial charge in [0.05, 0.1) is 11.6 Å². The summed E-state index contributed by atoms with van der Waals surface area (Å²) >= 11 is 6.30. The number of hydrogen-bond donors (Lipinski definition) is 1. The Bertz CT molecular complexity index is 646. The second-order valence-electron chi connectivity index (χ2n) is 6.71. The summed E-state index contributed by atoms with van der Waals surface area (Å²) in [5.74, 6) is 0.393. The van der Waals surface area contributed by atoms with Crippen molar-refractivity contribution in [2.75, 3.05) is 46.9 Å². The Morgan fingerprint density at radius 1 is 1.30 bits per heavy atom. The second kappa shape index (κ2) is 10.4. The molecule has 0 aromatic heterocycles. The number of likely N-dealkylation sites (tertiary alicyclic amines) is 1. The molecular formula is C19H28ClN3O4. The molecule has 150 valence electrons. The van der Waals surface area contributed by atoms with Gasteiger partial charge in [0.1, 0.15) is 11.9 Å². The van der Waals surface area contributed by atoms with E-state index in [1.807, 2.05) is 19.0 Å². The van der Waals surface area contributed by atoms with Gasteiger partial charge in [-0.25, -0.2) is 4.79 Å². The van der Waals surface area contributed by atoms with Gasteiger partial charge in [-0.2, -0.15) is 0 Å². The number of piperidine rings is 1. The van der Waals surface area contributed by atoms with E-state index in [0.717, 1.165) is 6.54 Å². The first-order valence-corrected chi connectivity index (χ1v) is 9.59. The smallest absolute Gasteiger partial charge is 0.409 e. The number of benzene rings is 1. The van der Waals surface area contributed by atoms with E-state index in [-0.39, 0.29) is 18.1 Å². The summed E-state index contributed by atoms with van der Waals surface area (Å²) in [5, 5.41) is 3.26. The lowest BCUT2D eigenvalue weighted by atomic mass is 10.1. The molecule has 1 saturated heterocycles. The molecule has 2 amide bonds. The molecule has 2 rings (SSSR count). The number of halogens is 1. The highest BCUT2D eigenvalue weighted by Gasteiger charge is 2.25. The zero-order chi connectivity index (χ0) is 19.8. The standard InChI is InChI=1S/C19H28ClN3O4/c1-4-26-19(25)23-10-7-15(8-11-23)27-17-6-5-14(13-16(17)20)18(24)21-9-12-22(2)3/h5-6,13,15H,4,7-12H2,1-3H3,(H,21,24). The minimum absolute atomic E-state index is 0.0204. The fraction of sp³-hybridized carbons (Fsp3) is 0.579. The predicted molar refractivity (Wildman–Crippen MR) is 105 cm³/mol. The number of carbonyl (C=O) groups is 2. The molecule has 1 fully saturated rings. The van der Waals surface area contributed by atoms with E-state index < -0.39 is 0 Å². The van der Waals surface area contributed by atoms with Crippen LogP contribution in [0.4, 0.5) is 4.79 Å². The van der Waals surface area contributed by atoms with E-state index in [1.54, 1.807) is 30.0 Å². The van der Waals surface area contributed by atoms with Gasteiger partial charge < -0.3 is 24.6 Å². The predicted octanol–water partition coefficient (Wildman–Crippen LogP) is 2.63. The maximum absolute atomic E-state index is 12.2. The maximum Gasteiger partial charge on any atom is 0.409 e. The van der Waals surface area contributed by atoms with Gasteiger partial charge in [-0.05, 0) is 39.2 Å². The van der Waals surface area contributed by atoms with Crippen molar-refractivity contribution >= 4 is 23.6 Å². The van der Waals surface area contributed by atoms with E-state index >= 15 is 0 Å². The molecule has 27 heavy (non-hydrogen) atoms. The Morgan fingerprint density at radius 2 is 2.00 bits per heavy atom. The second-order valence-corrected chi connectivity index (χ2v) is 7.11. The molecule has 0 aliphatic carbocycles. The molecule has 7 nitrogen and oxygen atoms in total. The molecule has 1 heterocycles. The minimum atomic E-state index is -0.279. The van der Waals surface area contributed by atoms with Gasteiger partial charge in [-0.1, -0.05) is 11.6 Å².